The van der Waals surface area contributed by atoms with Crippen molar-refractivity contribution in [2.45, 2.75) is 39.7 Å². The molecule has 0 saturated carbocycles. The van der Waals surface area contributed by atoms with Crippen molar-refractivity contribution in [3.8, 4) is 0 Å². The highest BCUT2D eigenvalue weighted by molar-refractivity contribution is 5.50. The van der Waals surface area contributed by atoms with Gasteiger partial charge in [-0.25, -0.2) is 9.97 Å². The first kappa shape index (κ1) is 16.0. The lowest BCUT2D eigenvalue weighted by Crippen LogP contribution is -2.34. The molecular formula is C16H29N5. The second-order valence-corrected chi connectivity index (χ2v) is 6.57. The first-order valence-electron chi connectivity index (χ1n) is 7.96. The van der Waals surface area contributed by atoms with Gasteiger partial charge in [0.2, 0.25) is 0 Å². The van der Waals surface area contributed by atoms with Gasteiger partial charge in [-0.2, -0.15) is 0 Å². The van der Waals surface area contributed by atoms with Crippen LogP contribution in [0, 0.1) is 5.92 Å². The number of likely N-dealkylation sites (N-methyl/N-ethyl adjacent to an activating group) is 1. The average molecular weight is 291 g/mol. The van der Waals surface area contributed by atoms with Crippen LogP contribution in [0.2, 0.25) is 0 Å². The summed E-state index contributed by atoms with van der Waals surface area (Å²) in [5.41, 5.74) is 0. The van der Waals surface area contributed by atoms with Gasteiger partial charge in [0, 0.05) is 37.7 Å². The maximum atomic E-state index is 4.78. The molecule has 0 spiro atoms. The summed E-state index contributed by atoms with van der Waals surface area (Å²) >= 11 is 0. The molecule has 0 aliphatic carbocycles. The third kappa shape index (κ3) is 3.64. The Morgan fingerprint density at radius 1 is 1.33 bits per heavy atom. The molecule has 1 aliphatic rings. The maximum Gasteiger partial charge on any atom is 0.135 e. The van der Waals surface area contributed by atoms with Crippen LogP contribution in [0.5, 0.6) is 0 Å². The second-order valence-electron chi connectivity index (χ2n) is 6.57. The Balaban J connectivity index is 2.26. The molecule has 0 aromatic carbocycles. The third-order valence-electron chi connectivity index (χ3n) is 4.16. The van der Waals surface area contributed by atoms with Crippen LogP contribution in [0.3, 0.4) is 0 Å². The quantitative estimate of drug-likeness (QED) is 0.902. The highest BCUT2D eigenvalue weighted by Gasteiger charge is 2.32. The molecule has 118 valence electrons. The minimum atomic E-state index is 0.340. The number of aromatic nitrogens is 2. The van der Waals surface area contributed by atoms with Crippen LogP contribution in [0.1, 0.15) is 39.4 Å². The van der Waals surface area contributed by atoms with Gasteiger partial charge in [-0.1, -0.05) is 20.8 Å². The lowest BCUT2D eigenvalue weighted by Gasteiger charge is -2.23. The van der Waals surface area contributed by atoms with E-state index in [9.17, 15) is 0 Å². The molecule has 5 nitrogen and oxygen atoms in total. The Morgan fingerprint density at radius 2 is 2.05 bits per heavy atom. The summed E-state index contributed by atoms with van der Waals surface area (Å²) < 4.78 is 0. The van der Waals surface area contributed by atoms with E-state index in [2.05, 4.69) is 68.0 Å². The number of anilines is 2. The van der Waals surface area contributed by atoms with Crippen LogP contribution in [0.4, 0.5) is 11.6 Å². The van der Waals surface area contributed by atoms with Crippen molar-refractivity contribution in [2.75, 3.05) is 43.9 Å². The van der Waals surface area contributed by atoms with Crippen molar-refractivity contribution in [3.05, 3.63) is 11.9 Å². The van der Waals surface area contributed by atoms with Gasteiger partial charge in [-0.15, -0.1) is 0 Å². The lowest BCUT2D eigenvalue weighted by molar-refractivity contribution is 0.266. The molecule has 0 amide bonds. The Bertz CT molecular complexity index is 472. The van der Waals surface area contributed by atoms with E-state index < -0.39 is 0 Å². The van der Waals surface area contributed by atoms with Crippen LogP contribution >= 0.6 is 0 Å². The van der Waals surface area contributed by atoms with E-state index in [0.29, 0.717) is 17.9 Å². The Labute approximate surface area is 128 Å². The summed E-state index contributed by atoms with van der Waals surface area (Å²) in [4.78, 5) is 14.1. The molecule has 2 heterocycles. The molecule has 2 rings (SSSR count). The minimum Gasteiger partial charge on any atom is -0.370 e. The summed E-state index contributed by atoms with van der Waals surface area (Å²) in [6, 6.07) is 2.67. The highest BCUT2D eigenvalue weighted by atomic mass is 15.3. The average Bonchev–Trinajstić information content (AvgIpc) is 2.81. The van der Waals surface area contributed by atoms with Gasteiger partial charge >= 0.3 is 0 Å². The van der Waals surface area contributed by atoms with Gasteiger partial charge < -0.3 is 15.1 Å². The predicted octanol–water partition coefficient (Wildman–Crippen LogP) is 2.42. The molecular weight excluding hydrogens is 262 g/mol. The number of hydrogen-bond acceptors (Lipinski definition) is 5. The normalized spacial score (nSPS) is 22.4. The van der Waals surface area contributed by atoms with Crippen molar-refractivity contribution in [1.82, 2.24) is 14.9 Å². The van der Waals surface area contributed by atoms with E-state index in [4.69, 9.17) is 4.98 Å². The molecule has 1 N–H and O–H groups in total. The van der Waals surface area contributed by atoms with Gasteiger partial charge in [-0.05, 0) is 26.9 Å². The lowest BCUT2D eigenvalue weighted by atomic mass is 10.1. The molecule has 2 atom stereocenters. The van der Waals surface area contributed by atoms with E-state index in [0.717, 1.165) is 37.1 Å². The van der Waals surface area contributed by atoms with Crippen molar-refractivity contribution >= 4 is 11.6 Å². The summed E-state index contributed by atoms with van der Waals surface area (Å²) in [5, 5.41) is 3.32. The zero-order valence-corrected chi connectivity index (χ0v) is 14.2. The van der Waals surface area contributed by atoms with Gasteiger partial charge in [0.1, 0.15) is 17.5 Å². The molecule has 21 heavy (non-hydrogen) atoms. The van der Waals surface area contributed by atoms with Crippen LogP contribution in [-0.2, 0) is 0 Å². The molecule has 2 unspecified atom stereocenters. The molecule has 1 aliphatic heterocycles. The second kappa shape index (κ2) is 6.60. The maximum absolute atomic E-state index is 4.78. The topological polar surface area (TPSA) is 44.3 Å². The Morgan fingerprint density at radius 3 is 2.57 bits per heavy atom. The molecule has 0 radical (unpaired) electrons. The van der Waals surface area contributed by atoms with Crippen LogP contribution in [0.15, 0.2) is 6.07 Å². The number of nitrogens with zero attached hydrogens (tertiary/aromatic N) is 4. The molecule has 1 aromatic rings. The summed E-state index contributed by atoms with van der Waals surface area (Å²) in [6.07, 6.45) is 0. The van der Waals surface area contributed by atoms with E-state index in [-0.39, 0.29) is 0 Å². The van der Waals surface area contributed by atoms with E-state index in [1.54, 1.807) is 0 Å². The smallest absolute Gasteiger partial charge is 0.135 e. The molecule has 0 bridgehead atoms. The Hall–Kier alpha value is -1.36. The standard InChI is InChI=1S/C16H29N5/c1-7-17-14-8-15(19-16(18-14)11(2)3)21-9-12(4)13(10-21)20(5)6/h8,11-13H,7,9-10H2,1-6H3,(H,17,18,19). The fraction of sp³-hybridized carbons (Fsp3) is 0.750. The summed E-state index contributed by atoms with van der Waals surface area (Å²) in [6.45, 7) is 11.7. The monoisotopic (exact) mass is 291 g/mol. The zero-order chi connectivity index (χ0) is 15.6. The number of nitrogens with one attached hydrogen (secondary N) is 1. The highest BCUT2D eigenvalue weighted by Crippen LogP contribution is 2.27. The first-order valence-corrected chi connectivity index (χ1v) is 7.96. The largest absolute Gasteiger partial charge is 0.370 e. The Kier molecular flexibility index (Phi) is 5.04. The van der Waals surface area contributed by atoms with Crippen LogP contribution < -0.4 is 10.2 Å². The molecule has 1 saturated heterocycles. The van der Waals surface area contributed by atoms with E-state index >= 15 is 0 Å². The van der Waals surface area contributed by atoms with Crippen molar-refractivity contribution < 1.29 is 0 Å². The van der Waals surface area contributed by atoms with Crippen molar-refractivity contribution in [3.63, 3.8) is 0 Å². The fourth-order valence-corrected chi connectivity index (χ4v) is 2.95. The van der Waals surface area contributed by atoms with Gasteiger partial charge in [-0.3, -0.25) is 0 Å². The molecule has 1 fully saturated rings. The zero-order valence-electron chi connectivity index (χ0n) is 14.2. The van der Waals surface area contributed by atoms with Gasteiger partial charge in [0.15, 0.2) is 0 Å². The van der Waals surface area contributed by atoms with Crippen molar-refractivity contribution in [2.24, 2.45) is 5.92 Å². The van der Waals surface area contributed by atoms with Crippen LogP contribution in [-0.4, -0.2) is 54.6 Å². The van der Waals surface area contributed by atoms with Crippen molar-refractivity contribution in [1.29, 1.82) is 0 Å². The molecule has 5 heteroatoms. The number of hydrogen-bond donors (Lipinski definition) is 1. The first-order chi connectivity index (χ1) is 9.92. The van der Waals surface area contributed by atoms with Gasteiger partial charge in [0.25, 0.3) is 0 Å². The minimum absolute atomic E-state index is 0.340. The van der Waals surface area contributed by atoms with E-state index in [1.807, 2.05) is 0 Å². The SMILES string of the molecule is CCNc1cc(N2CC(C)C(N(C)C)C2)nc(C(C)C)n1. The fourth-order valence-electron chi connectivity index (χ4n) is 2.95. The van der Waals surface area contributed by atoms with Crippen LogP contribution in [0.25, 0.3) is 0 Å². The molecule has 1 aromatic heterocycles. The number of rotatable bonds is 5. The summed E-state index contributed by atoms with van der Waals surface area (Å²) in [5.74, 6) is 3.91. The predicted molar refractivity (Wildman–Crippen MR) is 89.1 cm³/mol. The van der Waals surface area contributed by atoms with Gasteiger partial charge in [0.05, 0.1) is 0 Å². The van der Waals surface area contributed by atoms with E-state index in [1.165, 1.54) is 0 Å². The third-order valence-corrected chi connectivity index (χ3v) is 4.16. The summed E-state index contributed by atoms with van der Waals surface area (Å²) in [7, 11) is 4.32.